The lowest BCUT2D eigenvalue weighted by molar-refractivity contribution is -0.158. The van der Waals surface area contributed by atoms with Crippen molar-refractivity contribution in [2.75, 3.05) is 27.3 Å². The van der Waals surface area contributed by atoms with Crippen LogP contribution in [0, 0.1) is 0 Å². The molecule has 7 nitrogen and oxygen atoms in total. The van der Waals surface area contributed by atoms with Crippen LogP contribution in [0.2, 0.25) is 0 Å². The lowest BCUT2D eigenvalue weighted by atomic mass is 9.86. The average molecular weight is 574 g/mol. The molecule has 3 aromatic carbocycles. The molecule has 0 aliphatic carbocycles. The zero-order chi connectivity index (χ0) is 26.4. The number of hydrogen-bond acceptors (Lipinski definition) is 4. The van der Waals surface area contributed by atoms with Gasteiger partial charge in [0.15, 0.2) is 11.5 Å². The molecule has 1 saturated heterocycles. The number of aromatic amines is 1. The fourth-order valence-electron chi connectivity index (χ4n) is 5.84. The summed E-state index contributed by atoms with van der Waals surface area (Å²) in [5.41, 5.74) is 5.09. The second kappa shape index (κ2) is 9.83. The van der Waals surface area contributed by atoms with Crippen LogP contribution in [0.15, 0.2) is 71.2 Å². The zero-order valence-corrected chi connectivity index (χ0v) is 22.8. The minimum Gasteiger partial charge on any atom is -0.493 e. The number of para-hydroxylation sites is 1. The summed E-state index contributed by atoms with van der Waals surface area (Å²) in [5, 5.41) is 1.10. The molecule has 194 valence electrons. The molecule has 4 aromatic rings. The molecule has 8 heteroatoms. The van der Waals surface area contributed by atoms with Crippen molar-refractivity contribution in [1.29, 1.82) is 0 Å². The number of hydrogen-bond donors (Lipinski definition) is 1. The summed E-state index contributed by atoms with van der Waals surface area (Å²) in [6, 6.07) is 21.0. The first-order valence-electron chi connectivity index (χ1n) is 12.6. The molecule has 0 radical (unpaired) electrons. The van der Waals surface area contributed by atoms with Crippen LogP contribution in [0.5, 0.6) is 11.5 Å². The highest BCUT2D eigenvalue weighted by molar-refractivity contribution is 9.10. The van der Waals surface area contributed by atoms with E-state index in [1.165, 1.54) is 0 Å². The SMILES string of the molecule is COc1ccc(CCN2CC(=O)N3[C@@H](c4cccc(Br)c4)c4[nH]c5ccccc5c4C[C@H]3C2=O)cc1OC. The van der Waals surface area contributed by atoms with E-state index in [0.29, 0.717) is 30.9 Å². The van der Waals surface area contributed by atoms with Crippen molar-refractivity contribution >= 4 is 38.6 Å². The van der Waals surface area contributed by atoms with Crippen molar-refractivity contribution in [3.63, 3.8) is 0 Å². The smallest absolute Gasteiger partial charge is 0.246 e. The number of piperazine rings is 1. The normalized spacial score (nSPS) is 18.9. The Morgan fingerprint density at radius 1 is 0.974 bits per heavy atom. The Labute approximate surface area is 229 Å². The molecule has 0 spiro atoms. The van der Waals surface area contributed by atoms with E-state index in [1.54, 1.807) is 24.0 Å². The van der Waals surface area contributed by atoms with E-state index in [-0.39, 0.29) is 24.4 Å². The number of aromatic nitrogens is 1. The Bertz CT molecular complexity index is 1550. The molecule has 3 heterocycles. The van der Waals surface area contributed by atoms with Crippen LogP contribution in [-0.4, -0.2) is 59.9 Å². The van der Waals surface area contributed by atoms with Gasteiger partial charge in [-0.1, -0.05) is 52.3 Å². The zero-order valence-electron chi connectivity index (χ0n) is 21.2. The van der Waals surface area contributed by atoms with Gasteiger partial charge in [0, 0.05) is 34.0 Å². The molecule has 1 aromatic heterocycles. The summed E-state index contributed by atoms with van der Waals surface area (Å²) < 4.78 is 11.7. The topological polar surface area (TPSA) is 74.9 Å². The maximum absolute atomic E-state index is 13.9. The van der Waals surface area contributed by atoms with E-state index in [4.69, 9.17) is 9.47 Å². The number of carbonyl (C=O) groups is 2. The van der Waals surface area contributed by atoms with E-state index in [1.807, 2.05) is 60.7 Å². The summed E-state index contributed by atoms with van der Waals surface area (Å²) in [6.07, 6.45) is 1.10. The highest BCUT2D eigenvalue weighted by Crippen LogP contribution is 2.43. The maximum atomic E-state index is 13.9. The molecular weight excluding hydrogens is 546 g/mol. The number of ether oxygens (including phenoxy) is 2. The molecule has 0 unspecified atom stereocenters. The predicted molar refractivity (Wildman–Crippen MR) is 148 cm³/mol. The van der Waals surface area contributed by atoms with Gasteiger partial charge in [0.05, 0.1) is 26.8 Å². The largest absolute Gasteiger partial charge is 0.493 e. The summed E-state index contributed by atoms with van der Waals surface area (Å²) in [6.45, 7) is 0.509. The molecule has 2 aliphatic heterocycles. The molecule has 2 aliphatic rings. The van der Waals surface area contributed by atoms with Gasteiger partial charge in [-0.2, -0.15) is 0 Å². The lowest BCUT2D eigenvalue weighted by Gasteiger charge is -2.47. The number of benzene rings is 3. The summed E-state index contributed by atoms with van der Waals surface area (Å²) in [4.78, 5) is 34.8. The second-order valence-electron chi connectivity index (χ2n) is 9.74. The number of nitrogens with zero attached hydrogens (tertiary/aromatic N) is 2. The maximum Gasteiger partial charge on any atom is 0.246 e. The first kappa shape index (κ1) is 24.6. The summed E-state index contributed by atoms with van der Waals surface area (Å²) >= 11 is 3.58. The van der Waals surface area contributed by atoms with Gasteiger partial charge >= 0.3 is 0 Å². The third-order valence-corrected chi connectivity index (χ3v) is 8.12. The van der Waals surface area contributed by atoms with E-state index >= 15 is 0 Å². The van der Waals surface area contributed by atoms with Crippen molar-refractivity contribution < 1.29 is 19.1 Å². The Hall–Kier alpha value is -3.78. The minimum absolute atomic E-state index is 0.0130. The number of methoxy groups -OCH3 is 2. The van der Waals surface area contributed by atoms with Gasteiger partial charge in [0.2, 0.25) is 11.8 Å². The molecule has 2 atom stereocenters. The van der Waals surface area contributed by atoms with Gasteiger partial charge in [-0.3, -0.25) is 9.59 Å². The van der Waals surface area contributed by atoms with Crippen LogP contribution in [0.3, 0.4) is 0 Å². The van der Waals surface area contributed by atoms with E-state index in [2.05, 4.69) is 27.0 Å². The number of amides is 2. The quantitative estimate of drug-likeness (QED) is 0.357. The standard InChI is InChI=1S/C30H28BrN3O4/c1-37-25-11-10-18(14-26(25)38-2)12-13-33-17-27(35)34-24(30(33)36)16-22-21-8-3-4-9-23(21)32-28(22)29(34)19-6-5-7-20(31)15-19/h3-11,14-15,24,29,32H,12-13,16-17H2,1-2H3/t24-,29-/m0/s1. The first-order valence-corrected chi connectivity index (χ1v) is 13.4. The van der Waals surface area contributed by atoms with Crippen molar-refractivity contribution in [1.82, 2.24) is 14.8 Å². The summed E-state index contributed by atoms with van der Waals surface area (Å²) in [5.74, 6) is 1.25. The van der Waals surface area contributed by atoms with Gasteiger partial charge in [-0.15, -0.1) is 0 Å². The van der Waals surface area contributed by atoms with Gasteiger partial charge in [-0.05, 0) is 53.4 Å². The highest BCUT2D eigenvalue weighted by atomic mass is 79.9. The fourth-order valence-corrected chi connectivity index (χ4v) is 6.25. The highest BCUT2D eigenvalue weighted by Gasteiger charge is 2.48. The van der Waals surface area contributed by atoms with E-state index in [0.717, 1.165) is 37.8 Å². The fraction of sp³-hybridized carbons (Fsp3) is 0.267. The molecular formula is C30H28BrN3O4. The second-order valence-corrected chi connectivity index (χ2v) is 10.7. The number of nitrogens with one attached hydrogen (secondary N) is 1. The number of halogens is 1. The van der Waals surface area contributed by atoms with Crippen molar-refractivity contribution in [2.24, 2.45) is 0 Å². The predicted octanol–water partition coefficient (Wildman–Crippen LogP) is 4.88. The van der Waals surface area contributed by atoms with Gasteiger partial charge < -0.3 is 24.3 Å². The molecule has 2 amide bonds. The van der Waals surface area contributed by atoms with Crippen LogP contribution in [-0.2, 0) is 22.4 Å². The third-order valence-electron chi connectivity index (χ3n) is 7.63. The van der Waals surface area contributed by atoms with E-state index in [9.17, 15) is 9.59 Å². The molecule has 1 fully saturated rings. The van der Waals surface area contributed by atoms with Crippen LogP contribution >= 0.6 is 15.9 Å². The van der Waals surface area contributed by atoms with Crippen molar-refractivity contribution in [2.45, 2.75) is 24.9 Å². The number of fused-ring (bicyclic) bond motifs is 4. The van der Waals surface area contributed by atoms with Crippen molar-refractivity contribution in [3.05, 3.63) is 93.6 Å². The molecule has 1 N–H and O–H groups in total. The van der Waals surface area contributed by atoms with Crippen LogP contribution in [0.1, 0.15) is 28.4 Å². The number of carbonyl (C=O) groups excluding carboxylic acids is 2. The van der Waals surface area contributed by atoms with Gasteiger partial charge in [-0.25, -0.2) is 0 Å². The first-order chi connectivity index (χ1) is 18.5. The minimum atomic E-state index is -0.558. The monoisotopic (exact) mass is 573 g/mol. The molecule has 38 heavy (non-hydrogen) atoms. The van der Waals surface area contributed by atoms with Gasteiger partial charge in [0.25, 0.3) is 0 Å². The Kier molecular flexibility index (Phi) is 6.35. The van der Waals surface area contributed by atoms with Crippen molar-refractivity contribution in [3.8, 4) is 11.5 Å². The number of rotatable bonds is 6. The summed E-state index contributed by atoms with van der Waals surface area (Å²) in [7, 11) is 3.21. The Morgan fingerprint density at radius 3 is 2.58 bits per heavy atom. The Balaban J connectivity index is 1.34. The molecule has 0 saturated carbocycles. The Morgan fingerprint density at radius 2 is 1.79 bits per heavy atom. The van der Waals surface area contributed by atoms with Crippen LogP contribution in [0.25, 0.3) is 10.9 Å². The molecule has 6 rings (SSSR count). The third kappa shape index (κ3) is 4.13. The molecule has 0 bridgehead atoms. The number of H-pyrrole nitrogens is 1. The van der Waals surface area contributed by atoms with E-state index < -0.39 is 6.04 Å². The van der Waals surface area contributed by atoms with Gasteiger partial charge in [0.1, 0.15) is 6.04 Å². The average Bonchev–Trinajstić information content (AvgIpc) is 3.31. The lowest BCUT2D eigenvalue weighted by Crippen LogP contribution is -2.63. The van der Waals surface area contributed by atoms with Crippen LogP contribution < -0.4 is 9.47 Å². The van der Waals surface area contributed by atoms with Crippen LogP contribution in [0.4, 0.5) is 0 Å².